The smallest absolute Gasteiger partial charge is 0.226 e. The maximum atomic E-state index is 13.2. The normalized spacial score (nSPS) is 10.6. The Morgan fingerprint density at radius 3 is 2.68 bits per heavy atom. The lowest BCUT2D eigenvalue weighted by Gasteiger charge is -2.23. The first-order valence-electron chi connectivity index (χ1n) is 8.24. The SMILES string of the molecule is CCCC(=O)N(C)c1c(CC)cccc1SNc1ccc(F)cc1Cl. The summed E-state index contributed by atoms with van der Waals surface area (Å²) >= 11 is 7.43. The molecule has 3 nitrogen and oxygen atoms in total. The minimum Gasteiger partial charge on any atom is -0.324 e. The van der Waals surface area contributed by atoms with Crippen LogP contribution in [-0.2, 0) is 11.2 Å². The number of para-hydroxylation sites is 1. The van der Waals surface area contributed by atoms with Gasteiger partial charge in [0, 0.05) is 13.5 Å². The van der Waals surface area contributed by atoms with Gasteiger partial charge in [0.05, 0.1) is 21.3 Å². The van der Waals surface area contributed by atoms with Crippen LogP contribution in [0.5, 0.6) is 0 Å². The largest absolute Gasteiger partial charge is 0.324 e. The van der Waals surface area contributed by atoms with E-state index in [1.807, 2.05) is 25.1 Å². The average molecular weight is 381 g/mol. The minimum atomic E-state index is -0.376. The summed E-state index contributed by atoms with van der Waals surface area (Å²) in [4.78, 5) is 15.0. The molecule has 0 radical (unpaired) electrons. The van der Waals surface area contributed by atoms with Crippen molar-refractivity contribution in [2.45, 2.75) is 38.0 Å². The van der Waals surface area contributed by atoms with Crippen molar-refractivity contribution in [1.29, 1.82) is 0 Å². The Hall–Kier alpha value is -1.72. The number of halogens is 2. The van der Waals surface area contributed by atoms with Crippen LogP contribution < -0.4 is 9.62 Å². The number of hydrogen-bond acceptors (Lipinski definition) is 3. The Morgan fingerprint density at radius 2 is 2.04 bits per heavy atom. The number of amides is 1. The number of carbonyl (C=O) groups excluding carboxylic acids is 1. The first kappa shape index (κ1) is 19.6. The molecule has 2 aromatic carbocycles. The summed E-state index contributed by atoms with van der Waals surface area (Å²) in [5, 5.41) is 0.316. The van der Waals surface area contributed by atoms with Gasteiger partial charge in [-0.2, -0.15) is 0 Å². The summed E-state index contributed by atoms with van der Waals surface area (Å²) in [5.41, 5.74) is 2.63. The van der Waals surface area contributed by atoms with Crippen LogP contribution in [0, 0.1) is 5.82 Å². The van der Waals surface area contributed by atoms with E-state index in [-0.39, 0.29) is 11.7 Å². The molecule has 0 atom stereocenters. The quantitative estimate of drug-likeness (QED) is 0.605. The van der Waals surface area contributed by atoms with Gasteiger partial charge in [-0.25, -0.2) is 4.39 Å². The molecule has 6 heteroatoms. The third-order valence-corrected chi connectivity index (χ3v) is 5.02. The van der Waals surface area contributed by atoms with E-state index in [0.717, 1.165) is 29.0 Å². The summed E-state index contributed by atoms with van der Waals surface area (Å²) in [6.45, 7) is 4.06. The van der Waals surface area contributed by atoms with Gasteiger partial charge >= 0.3 is 0 Å². The van der Waals surface area contributed by atoms with E-state index in [9.17, 15) is 9.18 Å². The standard InChI is InChI=1S/C19H22ClFN2OS/c1-4-7-18(24)23(3)19-13(5-2)8-6-9-17(19)25-22-16-11-10-14(21)12-15(16)20/h6,8-12,22H,4-5,7H2,1-3H3. The van der Waals surface area contributed by atoms with Crippen molar-refractivity contribution in [2.75, 3.05) is 16.7 Å². The number of anilines is 2. The summed E-state index contributed by atoms with van der Waals surface area (Å²) in [6.07, 6.45) is 2.14. The summed E-state index contributed by atoms with van der Waals surface area (Å²) in [6, 6.07) is 10.2. The van der Waals surface area contributed by atoms with Crippen LogP contribution in [0.1, 0.15) is 32.3 Å². The van der Waals surface area contributed by atoms with Crippen molar-refractivity contribution in [1.82, 2.24) is 0 Å². The second kappa shape index (κ2) is 9.11. The second-order valence-corrected chi connectivity index (χ2v) is 6.90. The van der Waals surface area contributed by atoms with Gasteiger partial charge in [0.2, 0.25) is 5.91 Å². The van der Waals surface area contributed by atoms with Gasteiger partial charge in [0.15, 0.2) is 0 Å². The average Bonchev–Trinajstić information content (AvgIpc) is 2.60. The maximum Gasteiger partial charge on any atom is 0.226 e. The second-order valence-electron chi connectivity index (χ2n) is 5.65. The Kier molecular flexibility index (Phi) is 7.14. The van der Waals surface area contributed by atoms with E-state index in [1.165, 1.54) is 24.1 Å². The third-order valence-electron chi connectivity index (χ3n) is 3.84. The van der Waals surface area contributed by atoms with E-state index in [2.05, 4.69) is 11.6 Å². The number of nitrogens with zero attached hydrogens (tertiary/aromatic N) is 1. The molecule has 2 aromatic rings. The lowest BCUT2D eigenvalue weighted by Crippen LogP contribution is -2.27. The van der Waals surface area contributed by atoms with E-state index < -0.39 is 0 Å². The zero-order valence-electron chi connectivity index (χ0n) is 14.6. The fourth-order valence-electron chi connectivity index (χ4n) is 2.50. The highest BCUT2D eigenvalue weighted by Gasteiger charge is 2.18. The zero-order valence-corrected chi connectivity index (χ0v) is 16.2. The summed E-state index contributed by atoms with van der Waals surface area (Å²) in [7, 11) is 1.81. The molecule has 1 amide bonds. The van der Waals surface area contributed by atoms with Gasteiger partial charge in [0.1, 0.15) is 5.82 Å². The van der Waals surface area contributed by atoms with E-state index in [4.69, 9.17) is 11.6 Å². The molecular weight excluding hydrogens is 359 g/mol. The van der Waals surface area contributed by atoms with Crippen molar-refractivity contribution in [3.63, 3.8) is 0 Å². The molecule has 0 aliphatic rings. The molecule has 1 N–H and O–H groups in total. The molecule has 0 saturated carbocycles. The first-order chi connectivity index (χ1) is 12.0. The van der Waals surface area contributed by atoms with Crippen molar-refractivity contribution < 1.29 is 9.18 Å². The van der Waals surface area contributed by atoms with Crippen LogP contribution in [0.3, 0.4) is 0 Å². The van der Waals surface area contributed by atoms with Crippen LogP contribution in [-0.4, -0.2) is 13.0 Å². The monoisotopic (exact) mass is 380 g/mol. The van der Waals surface area contributed by atoms with Crippen LogP contribution in [0.15, 0.2) is 41.3 Å². The number of benzene rings is 2. The highest BCUT2D eigenvalue weighted by molar-refractivity contribution is 8.00. The van der Waals surface area contributed by atoms with Gasteiger partial charge in [0.25, 0.3) is 0 Å². The molecular formula is C19H22ClFN2OS. The van der Waals surface area contributed by atoms with Gasteiger partial charge < -0.3 is 9.62 Å². The van der Waals surface area contributed by atoms with Crippen LogP contribution in [0.2, 0.25) is 5.02 Å². The molecule has 0 aliphatic carbocycles. The Balaban J connectivity index is 2.29. The van der Waals surface area contributed by atoms with E-state index in [1.54, 1.807) is 18.0 Å². The molecule has 2 rings (SSSR count). The minimum absolute atomic E-state index is 0.0880. The molecule has 0 bridgehead atoms. The Bertz CT molecular complexity index is 754. The number of nitrogens with one attached hydrogen (secondary N) is 1. The molecule has 0 aromatic heterocycles. The Morgan fingerprint density at radius 1 is 1.28 bits per heavy atom. The lowest BCUT2D eigenvalue weighted by molar-refractivity contribution is -0.118. The van der Waals surface area contributed by atoms with Crippen LogP contribution in [0.25, 0.3) is 0 Å². The summed E-state index contributed by atoms with van der Waals surface area (Å²) in [5.74, 6) is -0.288. The van der Waals surface area contributed by atoms with Crippen molar-refractivity contribution in [2.24, 2.45) is 0 Å². The van der Waals surface area contributed by atoms with Gasteiger partial charge in [-0.15, -0.1) is 0 Å². The lowest BCUT2D eigenvalue weighted by atomic mass is 10.1. The number of carbonyl (C=O) groups is 1. The van der Waals surface area contributed by atoms with Gasteiger partial charge in [-0.1, -0.05) is 37.6 Å². The molecule has 134 valence electrons. The predicted molar refractivity (Wildman–Crippen MR) is 105 cm³/mol. The third kappa shape index (κ3) is 4.89. The van der Waals surface area contributed by atoms with E-state index >= 15 is 0 Å². The van der Waals surface area contributed by atoms with Crippen molar-refractivity contribution >= 4 is 40.8 Å². The zero-order chi connectivity index (χ0) is 18.4. The molecule has 25 heavy (non-hydrogen) atoms. The number of aryl methyl sites for hydroxylation is 1. The van der Waals surface area contributed by atoms with Crippen molar-refractivity contribution in [3.05, 3.63) is 52.8 Å². The van der Waals surface area contributed by atoms with Crippen molar-refractivity contribution in [3.8, 4) is 0 Å². The summed E-state index contributed by atoms with van der Waals surface area (Å²) < 4.78 is 16.3. The Labute approximate surface area is 157 Å². The van der Waals surface area contributed by atoms with Crippen LogP contribution in [0.4, 0.5) is 15.8 Å². The van der Waals surface area contributed by atoms with E-state index in [0.29, 0.717) is 17.1 Å². The molecule has 0 aliphatic heterocycles. The highest BCUT2D eigenvalue weighted by Crippen LogP contribution is 2.35. The molecule has 0 saturated heterocycles. The molecule has 0 unspecified atom stereocenters. The van der Waals surface area contributed by atoms with Crippen LogP contribution >= 0.6 is 23.5 Å². The topological polar surface area (TPSA) is 32.3 Å². The maximum absolute atomic E-state index is 13.2. The van der Waals surface area contributed by atoms with Gasteiger partial charge in [-0.3, -0.25) is 4.79 Å². The van der Waals surface area contributed by atoms with Gasteiger partial charge in [-0.05, 0) is 54.6 Å². The first-order valence-corrected chi connectivity index (χ1v) is 9.43. The molecule has 0 heterocycles. The fourth-order valence-corrected chi connectivity index (χ4v) is 3.68. The molecule has 0 fully saturated rings. The predicted octanol–water partition coefficient (Wildman–Crippen LogP) is 5.92. The number of hydrogen-bond donors (Lipinski definition) is 1. The number of rotatable bonds is 7. The highest BCUT2D eigenvalue weighted by atomic mass is 35.5. The fraction of sp³-hybridized carbons (Fsp3) is 0.316. The molecule has 0 spiro atoms.